The summed E-state index contributed by atoms with van der Waals surface area (Å²) in [5.74, 6) is -0.313. The van der Waals surface area contributed by atoms with Gasteiger partial charge in [-0.2, -0.15) is 18.4 Å². The molecule has 29 heavy (non-hydrogen) atoms. The standard InChI is InChI=1S/C18H19N5O5S/c1-5-9-28-16(24)13-8-6-7-11(2)14(13)22-29(25,26)18-20-17-19-15(27-4)12(3)10-23(17)21-18/h5-8,10,22H,1,9H2,2-4H3. The molecule has 0 radical (unpaired) electrons. The molecule has 0 amide bonds. The summed E-state index contributed by atoms with van der Waals surface area (Å²) in [6.07, 6.45) is 2.97. The molecule has 0 aliphatic heterocycles. The molecule has 0 aliphatic carbocycles. The number of para-hydroxylation sites is 1. The van der Waals surface area contributed by atoms with E-state index in [2.05, 4.69) is 26.4 Å². The Bertz CT molecular complexity index is 1200. The van der Waals surface area contributed by atoms with E-state index in [-0.39, 0.29) is 23.6 Å². The highest BCUT2D eigenvalue weighted by atomic mass is 32.2. The predicted octanol–water partition coefficient (Wildman–Crippen LogP) is 1.89. The van der Waals surface area contributed by atoms with Gasteiger partial charge in [0.25, 0.3) is 21.0 Å². The smallest absolute Gasteiger partial charge is 0.340 e. The maximum Gasteiger partial charge on any atom is 0.340 e. The molecule has 1 aromatic carbocycles. The third-order valence-electron chi connectivity index (χ3n) is 3.94. The maximum atomic E-state index is 12.9. The number of nitrogens with one attached hydrogen (secondary N) is 1. The van der Waals surface area contributed by atoms with Crippen LogP contribution in [-0.2, 0) is 14.8 Å². The molecular weight excluding hydrogens is 398 g/mol. The van der Waals surface area contributed by atoms with E-state index in [4.69, 9.17) is 9.47 Å². The molecule has 0 spiro atoms. The van der Waals surface area contributed by atoms with E-state index in [0.29, 0.717) is 17.0 Å². The summed E-state index contributed by atoms with van der Waals surface area (Å²) in [5.41, 5.74) is 1.34. The number of aryl methyl sites for hydroxylation is 2. The molecule has 0 saturated heterocycles. The molecule has 0 atom stereocenters. The molecule has 0 aliphatic rings. The molecule has 3 aromatic rings. The van der Waals surface area contributed by atoms with E-state index in [0.717, 1.165) is 0 Å². The fraction of sp³-hybridized carbons (Fsp3) is 0.222. The van der Waals surface area contributed by atoms with Gasteiger partial charge in [-0.25, -0.2) is 9.31 Å². The van der Waals surface area contributed by atoms with Crippen molar-refractivity contribution in [2.45, 2.75) is 19.0 Å². The minimum atomic E-state index is -4.21. The molecule has 11 heteroatoms. The van der Waals surface area contributed by atoms with Gasteiger partial charge in [0.05, 0.1) is 18.4 Å². The lowest BCUT2D eigenvalue weighted by Crippen LogP contribution is -2.19. The van der Waals surface area contributed by atoms with Crippen molar-refractivity contribution in [1.82, 2.24) is 19.6 Å². The zero-order valence-corrected chi connectivity index (χ0v) is 16.9. The van der Waals surface area contributed by atoms with Crippen LogP contribution in [0.3, 0.4) is 0 Å². The summed E-state index contributed by atoms with van der Waals surface area (Å²) in [6, 6.07) is 4.75. The number of ether oxygens (including phenoxy) is 2. The Morgan fingerprint density at radius 2 is 2.03 bits per heavy atom. The number of benzene rings is 1. The van der Waals surface area contributed by atoms with Crippen LogP contribution >= 0.6 is 0 Å². The molecule has 0 unspecified atom stereocenters. The van der Waals surface area contributed by atoms with Gasteiger partial charge < -0.3 is 9.47 Å². The van der Waals surface area contributed by atoms with Crippen LogP contribution in [0.5, 0.6) is 5.88 Å². The minimum absolute atomic E-state index is 0.000189. The van der Waals surface area contributed by atoms with Crippen LogP contribution < -0.4 is 9.46 Å². The topological polar surface area (TPSA) is 125 Å². The van der Waals surface area contributed by atoms with Gasteiger partial charge >= 0.3 is 5.97 Å². The Morgan fingerprint density at radius 3 is 2.72 bits per heavy atom. The van der Waals surface area contributed by atoms with Gasteiger partial charge in [-0.15, -0.1) is 5.10 Å². The number of rotatable bonds is 7. The van der Waals surface area contributed by atoms with Crippen molar-refractivity contribution in [1.29, 1.82) is 0 Å². The zero-order valence-electron chi connectivity index (χ0n) is 16.0. The van der Waals surface area contributed by atoms with Crippen LogP contribution in [0.4, 0.5) is 5.69 Å². The largest absolute Gasteiger partial charge is 0.481 e. The molecule has 0 bridgehead atoms. The van der Waals surface area contributed by atoms with Gasteiger partial charge in [0, 0.05) is 11.8 Å². The summed E-state index contributed by atoms with van der Waals surface area (Å²) in [6.45, 7) is 6.89. The number of methoxy groups -OCH3 is 1. The number of sulfonamides is 1. The fourth-order valence-electron chi connectivity index (χ4n) is 2.56. The van der Waals surface area contributed by atoms with Crippen molar-refractivity contribution in [2.75, 3.05) is 18.4 Å². The molecule has 152 valence electrons. The third-order valence-corrected chi connectivity index (χ3v) is 5.07. The van der Waals surface area contributed by atoms with Gasteiger partial charge in [0.15, 0.2) is 0 Å². The molecule has 0 saturated carbocycles. The van der Waals surface area contributed by atoms with E-state index >= 15 is 0 Å². The average molecular weight is 417 g/mol. The third kappa shape index (κ3) is 4.04. The van der Waals surface area contributed by atoms with Gasteiger partial charge in [0.1, 0.15) is 6.61 Å². The molecule has 1 N–H and O–H groups in total. The lowest BCUT2D eigenvalue weighted by Gasteiger charge is -2.13. The second kappa shape index (κ2) is 7.87. The highest BCUT2D eigenvalue weighted by Crippen LogP contribution is 2.24. The number of nitrogens with zero attached hydrogens (tertiary/aromatic N) is 4. The first-order valence-electron chi connectivity index (χ1n) is 8.45. The second-order valence-corrected chi connectivity index (χ2v) is 7.64. The summed E-state index contributed by atoms with van der Waals surface area (Å²) < 4.78 is 39.5. The first-order valence-corrected chi connectivity index (χ1v) is 9.93. The van der Waals surface area contributed by atoms with Gasteiger partial charge in [-0.3, -0.25) is 4.72 Å². The first kappa shape index (κ1) is 20.3. The number of anilines is 1. The van der Waals surface area contributed by atoms with Crippen LogP contribution in [0.1, 0.15) is 21.5 Å². The number of esters is 1. The van der Waals surface area contributed by atoms with Crippen molar-refractivity contribution in [3.8, 4) is 5.88 Å². The van der Waals surface area contributed by atoms with Crippen LogP contribution in [0.25, 0.3) is 5.78 Å². The average Bonchev–Trinajstić information content (AvgIpc) is 3.10. The summed E-state index contributed by atoms with van der Waals surface area (Å²) in [4.78, 5) is 20.4. The molecule has 2 aromatic heterocycles. The minimum Gasteiger partial charge on any atom is -0.481 e. The zero-order chi connectivity index (χ0) is 21.2. The molecule has 10 nitrogen and oxygen atoms in total. The van der Waals surface area contributed by atoms with Gasteiger partial charge in [-0.05, 0) is 25.5 Å². The molecule has 0 fully saturated rings. The van der Waals surface area contributed by atoms with Crippen LogP contribution in [0.2, 0.25) is 0 Å². The Balaban J connectivity index is 2.01. The normalized spacial score (nSPS) is 11.3. The summed E-state index contributed by atoms with van der Waals surface area (Å²) >= 11 is 0. The quantitative estimate of drug-likeness (QED) is 0.456. The van der Waals surface area contributed by atoms with Crippen LogP contribution in [0.15, 0.2) is 42.2 Å². The Morgan fingerprint density at radius 1 is 1.28 bits per heavy atom. The maximum absolute atomic E-state index is 12.9. The summed E-state index contributed by atoms with van der Waals surface area (Å²) in [5, 5.41) is 3.48. The van der Waals surface area contributed by atoms with E-state index < -0.39 is 21.1 Å². The Labute approximate surface area is 167 Å². The molecule has 3 rings (SSSR count). The fourth-order valence-corrected chi connectivity index (χ4v) is 3.59. The Kier molecular flexibility index (Phi) is 5.50. The summed E-state index contributed by atoms with van der Waals surface area (Å²) in [7, 11) is -2.76. The van der Waals surface area contributed by atoms with Crippen molar-refractivity contribution >= 4 is 27.5 Å². The highest BCUT2D eigenvalue weighted by molar-refractivity contribution is 7.92. The van der Waals surface area contributed by atoms with E-state index in [1.807, 2.05) is 0 Å². The number of carbonyl (C=O) groups is 1. The van der Waals surface area contributed by atoms with Crippen molar-refractivity contribution in [2.24, 2.45) is 0 Å². The van der Waals surface area contributed by atoms with Crippen molar-refractivity contribution < 1.29 is 22.7 Å². The number of aromatic nitrogens is 4. The monoisotopic (exact) mass is 417 g/mol. The molecular formula is C18H19N5O5S. The van der Waals surface area contributed by atoms with Gasteiger partial charge in [0.2, 0.25) is 5.88 Å². The van der Waals surface area contributed by atoms with E-state index in [1.165, 1.54) is 23.8 Å². The van der Waals surface area contributed by atoms with Crippen LogP contribution in [0, 0.1) is 13.8 Å². The van der Waals surface area contributed by atoms with Crippen LogP contribution in [-0.4, -0.2) is 47.7 Å². The number of hydrogen-bond donors (Lipinski definition) is 1. The SMILES string of the molecule is C=CCOC(=O)c1cccc(C)c1NS(=O)(=O)c1nc2nc(OC)c(C)cn2n1. The lowest BCUT2D eigenvalue weighted by molar-refractivity contribution is 0.0551. The second-order valence-electron chi connectivity index (χ2n) is 6.06. The van der Waals surface area contributed by atoms with Crippen molar-refractivity contribution in [3.63, 3.8) is 0 Å². The number of fused-ring (bicyclic) bond motifs is 1. The van der Waals surface area contributed by atoms with Crippen molar-refractivity contribution in [3.05, 3.63) is 53.7 Å². The lowest BCUT2D eigenvalue weighted by atomic mass is 10.1. The first-order chi connectivity index (χ1) is 13.8. The molecule has 2 heterocycles. The number of carbonyl (C=O) groups excluding carboxylic acids is 1. The predicted molar refractivity (Wildman–Crippen MR) is 105 cm³/mol. The number of hydrogen-bond acceptors (Lipinski definition) is 8. The highest BCUT2D eigenvalue weighted by Gasteiger charge is 2.25. The Hall–Kier alpha value is -3.47. The van der Waals surface area contributed by atoms with E-state index in [1.54, 1.807) is 32.2 Å². The van der Waals surface area contributed by atoms with E-state index in [9.17, 15) is 13.2 Å². The van der Waals surface area contributed by atoms with Gasteiger partial charge in [-0.1, -0.05) is 24.8 Å².